The third-order valence-corrected chi connectivity index (χ3v) is 3.79. The number of rotatable bonds is 9. The Balaban J connectivity index is 1.48. The van der Waals surface area contributed by atoms with Crippen LogP contribution in [0.25, 0.3) is 0 Å². The highest BCUT2D eigenvalue weighted by molar-refractivity contribution is 5.76. The van der Waals surface area contributed by atoms with Crippen molar-refractivity contribution in [3.63, 3.8) is 0 Å². The molecule has 28 heavy (non-hydrogen) atoms. The van der Waals surface area contributed by atoms with E-state index in [2.05, 4.69) is 20.4 Å². The maximum absolute atomic E-state index is 11.9. The normalized spacial score (nSPS) is 10.5. The first kappa shape index (κ1) is 19.3. The quantitative estimate of drug-likeness (QED) is 0.606. The number of hydrogen-bond acceptors (Lipinski definition) is 7. The molecule has 1 aromatic carbocycles. The number of benzene rings is 1. The summed E-state index contributed by atoms with van der Waals surface area (Å²) in [6.45, 7) is 4.59. The van der Waals surface area contributed by atoms with E-state index in [1.807, 2.05) is 37.3 Å². The Morgan fingerprint density at radius 2 is 2.00 bits per heavy atom. The maximum atomic E-state index is 11.9. The monoisotopic (exact) mass is 382 g/mol. The summed E-state index contributed by atoms with van der Waals surface area (Å²) in [6, 6.07) is 11.0. The van der Waals surface area contributed by atoms with Crippen LogP contribution in [0.5, 0.6) is 17.4 Å². The minimum absolute atomic E-state index is 0.0955. The van der Waals surface area contributed by atoms with E-state index in [0.29, 0.717) is 48.7 Å². The third kappa shape index (κ3) is 5.54. The SMILES string of the molecule is CCOc1ccccc1Oc1ccc(CNC(=O)CCc2nc(C)no2)cn1. The first-order chi connectivity index (χ1) is 13.6. The lowest BCUT2D eigenvalue weighted by Gasteiger charge is -2.11. The molecule has 8 heteroatoms. The number of ether oxygens (including phenoxy) is 2. The van der Waals surface area contributed by atoms with Gasteiger partial charge in [0.2, 0.25) is 17.7 Å². The van der Waals surface area contributed by atoms with Crippen molar-refractivity contribution >= 4 is 5.91 Å². The minimum Gasteiger partial charge on any atom is -0.490 e. The molecule has 0 aliphatic heterocycles. The molecule has 0 saturated heterocycles. The smallest absolute Gasteiger partial charge is 0.227 e. The zero-order valence-electron chi connectivity index (χ0n) is 15.8. The van der Waals surface area contributed by atoms with Crippen LogP contribution in [0.4, 0.5) is 0 Å². The Bertz CT molecular complexity index is 909. The van der Waals surface area contributed by atoms with Gasteiger partial charge in [-0.2, -0.15) is 4.98 Å². The molecule has 2 heterocycles. The van der Waals surface area contributed by atoms with Crippen molar-refractivity contribution in [2.24, 2.45) is 0 Å². The number of para-hydroxylation sites is 2. The summed E-state index contributed by atoms with van der Waals surface area (Å²) in [7, 11) is 0. The second-order valence-corrected chi connectivity index (χ2v) is 6.00. The third-order valence-electron chi connectivity index (χ3n) is 3.79. The van der Waals surface area contributed by atoms with Crippen LogP contribution < -0.4 is 14.8 Å². The summed E-state index contributed by atoms with van der Waals surface area (Å²) in [5.41, 5.74) is 0.868. The Morgan fingerprint density at radius 1 is 1.18 bits per heavy atom. The van der Waals surface area contributed by atoms with E-state index in [1.165, 1.54) is 0 Å². The van der Waals surface area contributed by atoms with Gasteiger partial charge in [0.1, 0.15) is 0 Å². The molecular formula is C20H22N4O4. The molecular weight excluding hydrogens is 360 g/mol. The van der Waals surface area contributed by atoms with Gasteiger partial charge in [-0.05, 0) is 31.5 Å². The molecule has 8 nitrogen and oxygen atoms in total. The summed E-state index contributed by atoms with van der Waals surface area (Å²) in [5, 5.41) is 6.54. The second-order valence-electron chi connectivity index (χ2n) is 6.00. The number of nitrogens with zero attached hydrogens (tertiary/aromatic N) is 3. The topological polar surface area (TPSA) is 99.4 Å². The predicted octanol–water partition coefficient (Wildman–Crippen LogP) is 3.21. The molecule has 0 spiro atoms. The van der Waals surface area contributed by atoms with E-state index in [4.69, 9.17) is 14.0 Å². The number of aryl methyl sites for hydroxylation is 2. The van der Waals surface area contributed by atoms with E-state index in [9.17, 15) is 4.79 Å². The van der Waals surface area contributed by atoms with Crippen molar-refractivity contribution in [1.82, 2.24) is 20.4 Å². The van der Waals surface area contributed by atoms with Gasteiger partial charge in [0.15, 0.2) is 17.3 Å². The highest BCUT2D eigenvalue weighted by Crippen LogP contribution is 2.30. The highest BCUT2D eigenvalue weighted by atomic mass is 16.5. The lowest BCUT2D eigenvalue weighted by Crippen LogP contribution is -2.23. The minimum atomic E-state index is -0.0955. The molecule has 0 fully saturated rings. The van der Waals surface area contributed by atoms with Crippen LogP contribution in [0.2, 0.25) is 0 Å². The van der Waals surface area contributed by atoms with Crippen molar-refractivity contribution in [3.05, 3.63) is 59.9 Å². The highest BCUT2D eigenvalue weighted by Gasteiger charge is 2.08. The second kappa shape index (κ2) is 9.50. The predicted molar refractivity (Wildman–Crippen MR) is 101 cm³/mol. The molecule has 0 aliphatic rings. The molecule has 0 bridgehead atoms. The standard InChI is InChI=1S/C20H22N4O4/c1-3-26-16-6-4-5-7-17(16)27-19-10-8-15(13-22-19)12-21-18(25)9-11-20-23-14(2)24-28-20/h4-8,10,13H,3,9,11-12H2,1-2H3,(H,21,25). The molecule has 0 saturated carbocycles. The lowest BCUT2D eigenvalue weighted by atomic mass is 10.2. The first-order valence-corrected chi connectivity index (χ1v) is 9.04. The molecule has 1 amide bonds. The van der Waals surface area contributed by atoms with Crippen molar-refractivity contribution in [1.29, 1.82) is 0 Å². The number of pyridine rings is 1. The average molecular weight is 382 g/mol. The van der Waals surface area contributed by atoms with Crippen LogP contribution in [0, 0.1) is 6.92 Å². The van der Waals surface area contributed by atoms with E-state index in [-0.39, 0.29) is 12.3 Å². The number of carbonyl (C=O) groups excluding carboxylic acids is 1. The van der Waals surface area contributed by atoms with Gasteiger partial charge in [-0.25, -0.2) is 4.98 Å². The molecule has 0 radical (unpaired) electrons. The Morgan fingerprint density at radius 3 is 2.68 bits per heavy atom. The van der Waals surface area contributed by atoms with Crippen LogP contribution in [0.3, 0.4) is 0 Å². The van der Waals surface area contributed by atoms with Gasteiger partial charge < -0.3 is 19.3 Å². The van der Waals surface area contributed by atoms with Gasteiger partial charge in [0.05, 0.1) is 6.61 Å². The summed E-state index contributed by atoms with van der Waals surface area (Å²) >= 11 is 0. The van der Waals surface area contributed by atoms with E-state index < -0.39 is 0 Å². The van der Waals surface area contributed by atoms with Crippen molar-refractivity contribution in [2.75, 3.05) is 6.61 Å². The van der Waals surface area contributed by atoms with Gasteiger partial charge in [-0.3, -0.25) is 4.79 Å². The van der Waals surface area contributed by atoms with Gasteiger partial charge >= 0.3 is 0 Å². The number of aromatic nitrogens is 3. The fraction of sp³-hybridized carbons (Fsp3) is 0.300. The summed E-state index contributed by atoms with van der Waals surface area (Å²) < 4.78 is 16.3. The molecule has 3 aromatic rings. The number of amides is 1. The lowest BCUT2D eigenvalue weighted by molar-refractivity contribution is -0.121. The number of hydrogen-bond donors (Lipinski definition) is 1. The van der Waals surface area contributed by atoms with E-state index in [0.717, 1.165) is 5.56 Å². The Kier molecular flexibility index (Phi) is 6.56. The van der Waals surface area contributed by atoms with Crippen LogP contribution in [0.1, 0.15) is 30.6 Å². The van der Waals surface area contributed by atoms with Crippen LogP contribution in [-0.2, 0) is 17.8 Å². The van der Waals surface area contributed by atoms with Crippen molar-refractivity contribution in [2.45, 2.75) is 33.2 Å². The Labute approximate surface area is 162 Å². The van der Waals surface area contributed by atoms with Crippen LogP contribution >= 0.6 is 0 Å². The zero-order valence-corrected chi connectivity index (χ0v) is 15.8. The molecule has 2 aromatic heterocycles. The summed E-state index contributed by atoms with van der Waals surface area (Å²) in [4.78, 5) is 20.3. The van der Waals surface area contributed by atoms with E-state index in [1.54, 1.807) is 19.2 Å². The number of nitrogens with one attached hydrogen (secondary N) is 1. The van der Waals surface area contributed by atoms with Crippen LogP contribution in [-0.4, -0.2) is 27.6 Å². The Hall–Kier alpha value is -3.42. The molecule has 146 valence electrons. The fourth-order valence-corrected chi connectivity index (χ4v) is 2.45. The van der Waals surface area contributed by atoms with E-state index >= 15 is 0 Å². The molecule has 1 N–H and O–H groups in total. The van der Waals surface area contributed by atoms with Gasteiger partial charge in [-0.15, -0.1) is 0 Å². The summed E-state index contributed by atoms with van der Waals surface area (Å²) in [6.07, 6.45) is 2.36. The fourth-order valence-electron chi connectivity index (χ4n) is 2.45. The molecule has 0 atom stereocenters. The average Bonchev–Trinajstić information content (AvgIpc) is 3.13. The van der Waals surface area contributed by atoms with Gasteiger partial charge in [0.25, 0.3) is 0 Å². The zero-order chi connectivity index (χ0) is 19.8. The van der Waals surface area contributed by atoms with Gasteiger partial charge in [0, 0.05) is 31.6 Å². The first-order valence-electron chi connectivity index (χ1n) is 9.04. The van der Waals surface area contributed by atoms with Crippen molar-refractivity contribution < 1.29 is 18.8 Å². The maximum Gasteiger partial charge on any atom is 0.227 e. The summed E-state index contributed by atoms with van der Waals surface area (Å²) in [5.74, 6) is 2.65. The largest absolute Gasteiger partial charge is 0.490 e. The molecule has 3 rings (SSSR count). The van der Waals surface area contributed by atoms with Gasteiger partial charge in [-0.1, -0.05) is 23.4 Å². The molecule has 0 unspecified atom stereocenters. The van der Waals surface area contributed by atoms with Crippen molar-refractivity contribution in [3.8, 4) is 17.4 Å². The molecule has 0 aliphatic carbocycles. The number of carbonyl (C=O) groups is 1. The van der Waals surface area contributed by atoms with Crippen LogP contribution in [0.15, 0.2) is 47.1 Å².